The molecule has 3 aromatic rings. The zero-order valence-corrected chi connectivity index (χ0v) is 14.1. The number of H-pyrrole nitrogens is 2. The van der Waals surface area contributed by atoms with Crippen molar-refractivity contribution in [3.8, 4) is 0 Å². The van der Waals surface area contributed by atoms with Crippen molar-refractivity contribution in [2.24, 2.45) is 0 Å². The molecule has 0 saturated carbocycles. The van der Waals surface area contributed by atoms with Gasteiger partial charge in [-0.2, -0.15) is 0 Å². The second kappa shape index (κ2) is 7.04. The van der Waals surface area contributed by atoms with Gasteiger partial charge in [0.2, 0.25) is 10.0 Å². The summed E-state index contributed by atoms with van der Waals surface area (Å²) in [5.41, 5.74) is 0.173. The molecular formula is C17H17N3O4S. The van der Waals surface area contributed by atoms with Crippen molar-refractivity contribution in [3.05, 3.63) is 74.9 Å². The minimum atomic E-state index is -3.73. The van der Waals surface area contributed by atoms with Gasteiger partial charge in [0, 0.05) is 6.54 Å². The van der Waals surface area contributed by atoms with Gasteiger partial charge in [0.1, 0.15) is 0 Å². The number of hydrogen-bond acceptors (Lipinski definition) is 4. The first-order valence-electron chi connectivity index (χ1n) is 7.76. The maximum absolute atomic E-state index is 12.4. The molecule has 0 aliphatic carbocycles. The van der Waals surface area contributed by atoms with Gasteiger partial charge >= 0.3 is 5.69 Å². The zero-order chi connectivity index (χ0) is 17.9. The molecule has 0 atom stereocenters. The summed E-state index contributed by atoms with van der Waals surface area (Å²) in [6, 6.07) is 13.8. The first-order valence-corrected chi connectivity index (χ1v) is 9.24. The number of hydrogen-bond donors (Lipinski definition) is 3. The molecule has 0 unspecified atom stereocenters. The first-order chi connectivity index (χ1) is 12.0. The van der Waals surface area contributed by atoms with Gasteiger partial charge in [-0.05, 0) is 36.6 Å². The molecule has 0 bridgehead atoms. The van der Waals surface area contributed by atoms with Crippen molar-refractivity contribution < 1.29 is 8.42 Å². The highest BCUT2D eigenvalue weighted by Gasteiger charge is 2.15. The van der Waals surface area contributed by atoms with Crippen molar-refractivity contribution >= 4 is 20.9 Å². The van der Waals surface area contributed by atoms with Crippen LogP contribution in [0.1, 0.15) is 12.0 Å². The van der Waals surface area contributed by atoms with E-state index >= 15 is 0 Å². The van der Waals surface area contributed by atoms with Gasteiger partial charge in [0.25, 0.3) is 5.56 Å². The van der Waals surface area contributed by atoms with Gasteiger partial charge in [0.15, 0.2) is 0 Å². The Morgan fingerprint density at radius 3 is 2.48 bits per heavy atom. The third-order valence-corrected chi connectivity index (χ3v) is 5.26. The summed E-state index contributed by atoms with van der Waals surface area (Å²) < 4.78 is 27.3. The van der Waals surface area contributed by atoms with Crippen molar-refractivity contribution in [1.82, 2.24) is 14.7 Å². The zero-order valence-electron chi connectivity index (χ0n) is 13.3. The van der Waals surface area contributed by atoms with E-state index in [0.29, 0.717) is 6.42 Å². The number of nitrogens with one attached hydrogen (secondary N) is 3. The Bertz CT molecular complexity index is 1100. The predicted molar refractivity (Wildman–Crippen MR) is 95.1 cm³/mol. The Labute approximate surface area is 143 Å². The summed E-state index contributed by atoms with van der Waals surface area (Å²) in [6.45, 7) is 0.289. The van der Waals surface area contributed by atoms with Crippen LogP contribution in [0.5, 0.6) is 0 Å². The molecular weight excluding hydrogens is 342 g/mol. The van der Waals surface area contributed by atoms with Crippen LogP contribution in [0.25, 0.3) is 10.9 Å². The lowest BCUT2D eigenvalue weighted by molar-refractivity contribution is 0.579. The molecule has 1 aromatic heterocycles. The van der Waals surface area contributed by atoms with Gasteiger partial charge in [-0.1, -0.05) is 30.3 Å². The fraction of sp³-hybridized carbons (Fsp3) is 0.176. The summed E-state index contributed by atoms with van der Waals surface area (Å²) in [7, 11) is -3.73. The number of rotatable bonds is 6. The summed E-state index contributed by atoms with van der Waals surface area (Å²) in [5.74, 6) is 0. The fourth-order valence-corrected chi connectivity index (χ4v) is 3.64. The average molecular weight is 359 g/mol. The maximum Gasteiger partial charge on any atom is 0.326 e. The van der Waals surface area contributed by atoms with E-state index in [1.54, 1.807) is 0 Å². The van der Waals surface area contributed by atoms with Crippen LogP contribution in [0.4, 0.5) is 0 Å². The smallest absolute Gasteiger partial charge is 0.307 e. The Kier molecular flexibility index (Phi) is 4.82. The highest BCUT2D eigenvalue weighted by atomic mass is 32.2. The molecule has 130 valence electrons. The molecule has 8 heteroatoms. The quantitative estimate of drug-likeness (QED) is 0.573. The lowest BCUT2D eigenvalue weighted by atomic mass is 10.1. The minimum absolute atomic E-state index is 0.0164. The molecule has 2 aromatic carbocycles. The Balaban J connectivity index is 1.72. The largest absolute Gasteiger partial charge is 0.326 e. The topological polar surface area (TPSA) is 112 Å². The standard InChI is InChI=1S/C17H17N3O4S/c21-16-14-11-13(8-9-15(14)19-17(22)20-16)25(23,24)18-10-4-7-12-5-2-1-3-6-12/h1-3,5-6,8-9,11,18H,4,7,10H2,(H2,19,20,21,22). The molecule has 3 rings (SSSR count). The fourth-order valence-electron chi connectivity index (χ4n) is 2.54. The van der Waals surface area contributed by atoms with E-state index in [2.05, 4.69) is 14.7 Å². The monoisotopic (exact) mass is 359 g/mol. The van der Waals surface area contributed by atoms with Crippen LogP contribution in [-0.2, 0) is 16.4 Å². The van der Waals surface area contributed by atoms with E-state index < -0.39 is 21.3 Å². The summed E-state index contributed by atoms with van der Waals surface area (Å²) >= 11 is 0. The average Bonchev–Trinajstić information content (AvgIpc) is 2.59. The van der Waals surface area contributed by atoms with Crippen LogP contribution in [0.3, 0.4) is 0 Å². The molecule has 0 amide bonds. The molecule has 0 aliphatic heterocycles. The van der Waals surface area contributed by atoms with Gasteiger partial charge in [-0.25, -0.2) is 17.9 Å². The third-order valence-electron chi connectivity index (χ3n) is 3.80. The second-order valence-corrected chi connectivity index (χ2v) is 7.37. The van der Waals surface area contributed by atoms with Crippen molar-refractivity contribution in [2.75, 3.05) is 6.54 Å². The van der Waals surface area contributed by atoms with Crippen LogP contribution in [0.15, 0.2) is 63.0 Å². The Morgan fingerprint density at radius 1 is 0.960 bits per heavy atom. The van der Waals surface area contributed by atoms with Gasteiger partial charge in [-0.15, -0.1) is 0 Å². The lowest BCUT2D eigenvalue weighted by Crippen LogP contribution is -2.26. The normalized spacial score (nSPS) is 11.7. The molecule has 0 fully saturated rings. The molecule has 25 heavy (non-hydrogen) atoms. The maximum atomic E-state index is 12.4. The number of aryl methyl sites for hydroxylation is 1. The number of aromatic nitrogens is 2. The van der Waals surface area contributed by atoms with Crippen LogP contribution >= 0.6 is 0 Å². The van der Waals surface area contributed by atoms with Crippen LogP contribution in [-0.4, -0.2) is 24.9 Å². The van der Waals surface area contributed by atoms with Crippen LogP contribution in [0.2, 0.25) is 0 Å². The van der Waals surface area contributed by atoms with Gasteiger partial charge in [0.05, 0.1) is 15.8 Å². The second-order valence-electron chi connectivity index (χ2n) is 5.60. The number of fused-ring (bicyclic) bond motifs is 1. The molecule has 0 spiro atoms. The van der Waals surface area contributed by atoms with Crippen LogP contribution in [0, 0.1) is 0 Å². The number of sulfonamides is 1. The molecule has 7 nitrogen and oxygen atoms in total. The van der Waals surface area contributed by atoms with Gasteiger partial charge in [-0.3, -0.25) is 9.78 Å². The van der Waals surface area contributed by atoms with Crippen molar-refractivity contribution in [1.29, 1.82) is 0 Å². The summed E-state index contributed by atoms with van der Waals surface area (Å²) in [6.07, 6.45) is 1.42. The van der Waals surface area contributed by atoms with E-state index in [9.17, 15) is 18.0 Å². The predicted octanol–water partition coefficient (Wildman–Crippen LogP) is 1.13. The molecule has 1 heterocycles. The molecule has 0 radical (unpaired) electrons. The van der Waals surface area contributed by atoms with E-state index in [4.69, 9.17) is 0 Å². The number of benzene rings is 2. The third kappa shape index (κ3) is 4.04. The molecule has 0 saturated heterocycles. The van der Waals surface area contributed by atoms with E-state index in [1.165, 1.54) is 18.2 Å². The van der Waals surface area contributed by atoms with E-state index in [-0.39, 0.29) is 22.3 Å². The first kappa shape index (κ1) is 17.1. The van der Waals surface area contributed by atoms with Crippen molar-refractivity contribution in [3.63, 3.8) is 0 Å². The Hall–Kier alpha value is -2.71. The lowest BCUT2D eigenvalue weighted by Gasteiger charge is -2.07. The van der Waals surface area contributed by atoms with Gasteiger partial charge < -0.3 is 4.98 Å². The Morgan fingerprint density at radius 2 is 1.72 bits per heavy atom. The molecule has 0 aliphatic rings. The summed E-state index contributed by atoms with van der Waals surface area (Å²) in [5, 5.41) is 0.117. The van der Waals surface area contributed by atoms with Crippen LogP contribution < -0.4 is 16.0 Å². The highest BCUT2D eigenvalue weighted by Crippen LogP contribution is 2.14. The highest BCUT2D eigenvalue weighted by molar-refractivity contribution is 7.89. The van der Waals surface area contributed by atoms with Crippen molar-refractivity contribution in [2.45, 2.75) is 17.7 Å². The summed E-state index contributed by atoms with van der Waals surface area (Å²) in [4.78, 5) is 27.6. The van der Waals surface area contributed by atoms with E-state index in [0.717, 1.165) is 12.0 Å². The minimum Gasteiger partial charge on any atom is -0.307 e. The number of aromatic amines is 2. The molecule has 3 N–H and O–H groups in total. The SMILES string of the molecule is O=c1[nH]c(=O)c2cc(S(=O)(=O)NCCCc3ccccc3)ccc2[nH]1. The van der Waals surface area contributed by atoms with E-state index in [1.807, 2.05) is 30.3 Å².